The molecule has 0 spiro atoms. The lowest BCUT2D eigenvalue weighted by atomic mass is 9.79. The molecule has 178 valence electrons. The minimum Gasteiger partial charge on any atom is -0.456 e. The van der Waals surface area contributed by atoms with Crippen LogP contribution in [-0.4, -0.2) is 9.38 Å². The Labute approximate surface area is 217 Å². The normalized spacial score (nSPS) is 15.8. The molecular formula is C32H22N2O2S. The third-order valence-corrected chi connectivity index (χ3v) is 7.95. The van der Waals surface area contributed by atoms with Gasteiger partial charge in [0.05, 0.1) is 15.6 Å². The first kappa shape index (κ1) is 21.8. The number of rotatable bonds is 3. The van der Waals surface area contributed by atoms with Gasteiger partial charge in [0.15, 0.2) is 4.96 Å². The van der Waals surface area contributed by atoms with Crippen molar-refractivity contribution in [2.24, 2.45) is 0 Å². The molecule has 5 heteroatoms. The van der Waals surface area contributed by atoms with Gasteiger partial charge in [0.2, 0.25) is 0 Å². The van der Waals surface area contributed by atoms with Crippen LogP contribution in [0.3, 0.4) is 0 Å². The molecule has 4 aromatic carbocycles. The number of fused-ring (bicyclic) bond motifs is 4. The van der Waals surface area contributed by atoms with E-state index in [0.717, 1.165) is 39.2 Å². The lowest BCUT2D eigenvalue weighted by Crippen LogP contribution is -2.25. The van der Waals surface area contributed by atoms with Crippen LogP contribution in [-0.2, 0) is 0 Å². The van der Waals surface area contributed by atoms with E-state index < -0.39 is 0 Å². The van der Waals surface area contributed by atoms with Crippen molar-refractivity contribution in [2.45, 2.75) is 12.8 Å². The van der Waals surface area contributed by atoms with E-state index in [0.29, 0.717) is 9.49 Å². The van der Waals surface area contributed by atoms with E-state index in [1.165, 1.54) is 22.5 Å². The minimum absolute atomic E-state index is 0.0593. The molecule has 6 aromatic rings. The number of aryl methyl sites for hydroxylation is 1. The molecule has 0 N–H and O–H groups in total. The number of thiazole rings is 1. The van der Waals surface area contributed by atoms with E-state index in [-0.39, 0.29) is 11.5 Å². The molecule has 7 rings (SSSR count). The van der Waals surface area contributed by atoms with Gasteiger partial charge in [-0.25, -0.2) is 9.38 Å². The van der Waals surface area contributed by atoms with Crippen LogP contribution in [0.25, 0.3) is 27.8 Å². The van der Waals surface area contributed by atoms with Crippen molar-refractivity contribution in [3.63, 3.8) is 0 Å². The molecule has 0 radical (unpaired) electrons. The maximum atomic E-state index is 13.7. The van der Waals surface area contributed by atoms with E-state index in [1.807, 2.05) is 66.7 Å². The second-order valence-electron chi connectivity index (χ2n) is 9.21. The van der Waals surface area contributed by atoms with Gasteiger partial charge in [-0.05, 0) is 42.3 Å². The molecule has 2 aromatic heterocycles. The largest absolute Gasteiger partial charge is 0.456 e. The average Bonchev–Trinajstić information content (AvgIpc) is 3.45. The molecule has 0 aliphatic carbocycles. The van der Waals surface area contributed by atoms with Crippen molar-refractivity contribution >= 4 is 39.2 Å². The van der Waals surface area contributed by atoms with Crippen molar-refractivity contribution in [3.8, 4) is 5.75 Å². The Morgan fingerprint density at radius 1 is 0.838 bits per heavy atom. The van der Waals surface area contributed by atoms with Gasteiger partial charge < -0.3 is 4.74 Å². The first-order valence-corrected chi connectivity index (χ1v) is 13.0. The Kier molecular flexibility index (Phi) is 5.05. The van der Waals surface area contributed by atoms with Gasteiger partial charge in [0, 0.05) is 22.6 Å². The van der Waals surface area contributed by atoms with Gasteiger partial charge in [-0.3, -0.25) is 4.79 Å². The Morgan fingerprint density at radius 2 is 1.54 bits per heavy atom. The molecule has 3 heterocycles. The number of aromatic nitrogens is 2. The molecule has 0 bridgehead atoms. The van der Waals surface area contributed by atoms with Gasteiger partial charge in [0.25, 0.3) is 5.56 Å². The van der Waals surface area contributed by atoms with E-state index in [1.54, 1.807) is 4.40 Å². The van der Waals surface area contributed by atoms with Gasteiger partial charge in [-0.15, -0.1) is 0 Å². The predicted molar refractivity (Wildman–Crippen MR) is 150 cm³/mol. The molecular weight excluding hydrogens is 476 g/mol. The van der Waals surface area contributed by atoms with Crippen LogP contribution >= 0.6 is 11.3 Å². The zero-order valence-corrected chi connectivity index (χ0v) is 20.9. The lowest BCUT2D eigenvalue weighted by molar-refractivity contribution is 0.488. The molecule has 0 saturated heterocycles. The monoisotopic (exact) mass is 498 g/mol. The molecule has 0 saturated carbocycles. The molecule has 1 aliphatic rings. The zero-order chi connectivity index (χ0) is 24.9. The number of allylic oxidation sites excluding steroid dienone is 1. The molecule has 1 aliphatic heterocycles. The van der Waals surface area contributed by atoms with Gasteiger partial charge in [0.1, 0.15) is 11.5 Å². The summed E-state index contributed by atoms with van der Waals surface area (Å²) in [5.74, 6) is 1.51. The van der Waals surface area contributed by atoms with Gasteiger partial charge in [-0.2, -0.15) is 0 Å². The Morgan fingerprint density at radius 3 is 2.38 bits per heavy atom. The fourth-order valence-corrected chi connectivity index (χ4v) is 6.22. The fourth-order valence-electron chi connectivity index (χ4n) is 5.24. The van der Waals surface area contributed by atoms with E-state index in [4.69, 9.17) is 9.72 Å². The van der Waals surface area contributed by atoms with Gasteiger partial charge in [-0.1, -0.05) is 96.3 Å². The van der Waals surface area contributed by atoms with Crippen LogP contribution < -0.4 is 14.8 Å². The van der Waals surface area contributed by atoms with E-state index >= 15 is 0 Å². The number of ether oxygens (including phenoxy) is 1. The molecule has 0 fully saturated rings. The van der Waals surface area contributed by atoms with Crippen LogP contribution in [0, 0.1) is 6.92 Å². The van der Waals surface area contributed by atoms with Crippen molar-refractivity contribution in [1.29, 1.82) is 0 Å². The summed E-state index contributed by atoms with van der Waals surface area (Å²) in [5.41, 5.74) is 7.00. The first-order valence-electron chi connectivity index (χ1n) is 12.2. The molecule has 37 heavy (non-hydrogen) atoms. The predicted octanol–water partition coefficient (Wildman–Crippen LogP) is 6.35. The molecule has 1 atom stereocenters. The zero-order valence-electron chi connectivity index (χ0n) is 20.1. The topological polar surface area (TPSA) is 43.6 Å². The maximum absolute atomic E-state index is 13.7. The second kappa shape index (κ2) is 8.57. The number of para-hydroxylation sites is 3. The summed E-state index contributed by atoms with van der Waals surface area (Å²) in [6.07, 6.45) is 2.02. The standard InChI is InChI=1S/C32H22N2O2S/c1-20-11-5-6-14-22(20)29-23-15-7-10-18-27(23)36-30(21-12-3-2-4-13-21)24(29)19-28-31(35)34-26-17-9-8-16-25(26)33-32(34)37-28/h2-19,29H,1H3/b28-19-. The lowest BCUT2D eigenvalue weighted by Gasteiger charge is -2.31. The van der Waals surface area contributed by atoms with Crippen molar-refractivity contribution < 1.29 is 4.74 Å². The van der Waals surface area contributed by atoms with E-state index in [9.17, 15) is 4.79 Å². The highest BCUT2D eigenvalue weighted by molar-refractivity contribution is 7.15. The minimum atomic E-state index is -0.0908. The SMILES string of the molecule is Cc1ccccc1C1C(/C=c2\sc3nc4ccccc4n3c2=O)=C(c2ccccc2)Oc2ccccc21. The summed E-state index contributed by atoms with van der Waals surface area (Å²) >= 11 is 1.42. The number of benzene rings is 4. The molecule has 0 amide bonds. The van der Waals surface area contributed by atoms with Crippen LogP contribution in [0.15, 0.2) is 113 Å². The summed E-state index contributed by atoms with van der Waals surface area (Å²) in [5, 5.41) is 0. The van der Waals surface area contributed by atoms with Crippen molar-refractivity contribution in [2.75, 3.05) is 0 Å². The van der Waals surface area contributed by atoms with Crippen LogP contribution in [0.2, 0.25) is 0 Å². The summed E-state index contributed by atoms with van der Waals surface area (Å²) < 4.78 is 8.94. The highest BCUT2D eigenvalue weighted by atomic mass is 32.1. The quantitative estimate of drug-likeness (QED) is 0.285. The van der Waals surface area contributed by atoms with Crippen LogP contribution in [0.5, 0.6) is 5.75 Å². The second-order valence-corrected chi connectivity index (χ2v) is 10.2. The maximum Gasteiger partial charge on any atom is 0.274 e. The number of imidazole rings is 1. The third-order valence-electron chi connectivity index (χ3n) is 6.98. The van der Waals surface area contributed by atoms with Gasteiger partial charge >= 0.3 is 0 Å². The number of hydrogen-bond donors (Lipinski definition) is 0. The highest BCUT2D eigenvalue weighted by Gasteiger charge is 2.31. The van der Waals surface area contributed by atoms with Crippen LogP contribution in [0.4, 0.5) is 0 Å². The highest BCUT2D eigenvalue weighted by Crippen LogP contribution is 2.47. The molecule has 1 unspecified atom stereocenters. The third kappa shape index (κ3) is 3.51. The van der Waals surface area contributed by atoms with E-state index in [2.05, 4.69) is 49.4 Å². The fraction of sp³-hybridized carbons (Fsp3) is 0.0625. The van der Waals surface area contributed by atoms with Crippen LogP contribution in [0.1, 0.15) is 28.2 Å². The summed E-state index contributed by atoms with van der Waals surface area (Å²) in [7, 11) is 0. The smallest absolute Gasteiger partial charge is 0.274 e. The summed E-state index contributed by atoms with van der Waals surface area (Å²) in [6, 6.07) is 34.5. The average molecular weight is 499 g/mol. The molecule has 4 nitrogen and oxygen atoms in total. The Bertz CT molecular complexity index is 1950. The Balaban J connectivity index is 1.56. The first-order chi connectivity index (χ1) is 18.2. The van der Waals surface area contributed by atoms with Crippen molar-refractivity contribution in [1.82, 2.24) is 9.38 Å². The summed E-state index contributed by atoms with van der Waals surface area (Å²) in [4.78, 5) is 19.1. The Hall–Kier alpha value is -4.48. The number of hydrogen-bond acceptors (Lipinski definition) is 4. The number of nitrogens with zero attached hydrogens (tertiary/aromatic N) is 2. The summed E-state index contributed by atoms with van der Waals surface area (Å²) in [6.45, 7) is 2.14. The van der Waals surface area contributed by atoms with Crippen molar-refractivity contribution in [3.05, 3.63) is 146 Å².